The first-order valence-corrected chi connectivity index (χ1v) is 6.90. The van der Waals surface area contributed by atoms with Gasteiger partial charge in [-0.15, -0.1) is 0 Å². The zero-order valence-electron chi connectivity index (χ0n) is 11.2. The van der Waals surface area contributed by atoms with E-state index in [0.29, 0.717) is 23.8 Å². The van der Waals surface area contributed by atoms with Gasteiger partial charge in [-0.05, 0) is 31.6 Å². The predicted octanol–water partition coefficient (Wildman–Crippen LogP) is 2.46. The summed E-state index contributed by atoms with van der Waals surface area (Å²) in [6.45, 7) is 5.68. The standard InChI is InChI=1S/C13H21ClN2O3/c1-3-10-4-6-13(7-5-10,11(17)18)16-12(19)15-8-9(2)14/h10H,2-8H2,1H3,(H,17,18)(H2,15,16,19). The van der Waals surface area contributed by atoms with Crippen LogP contribution in [0.4, 0.5) is 4.79 Å². The first kappa shape index (κ1) is 15.8. The highest BCUT2D eigenvalue weighted by Gasteiger charge is 2.42. The summed E-state index contributed by atoms with van der Waals surface area (Å²) in [6, 6.07) is -0.515. The third-order valence-corrected chi connectivity index (χ3v) is 3.87. The number of hydrogen-bond donors (Lipinski definition) is 3. The lowest BCUT2D eigenvalue weighted by molar-refractivity contribution is -0.146. The number of rotatable bonds is 5. The van der Waals surface area contributed by atoms with Gasteiger partial charge in [0.25, 0.3) is 0 Å². The van der Waals surface area contributed by atoms with E-state index in [4.69, 9.17) is 11.6 Å². The summed E-state index contributed by atoms with van der Waals surface area (Å²) < 4.78 is 0. The van der Waals surface area contributed by atoms with E-state index in [0.717, 1.165) is 19.3 Å². The lowest BCUT2D eigenvalue weighted by Gasteiger charge is -2.37. The quantitative estimate of drug-likeness (QED) is 0.727. The molecule has 0 heterocycles. The van der Waals surface area contributed by atoms with E-state index >= 15 is 0 Å². The fraction of sp³-hybridized carbons (Fsp3) is 0.692. The molecule has 0 aromatic heterocycles. The first-order valence-electron chi connectivity index (χ1n) is 6.52. The van der Waals surface area contributed by atoms with Crippen LogP contribution in [0.15, 0.2) is 11.6 Å². The monoisotopic (exact) mass is 288 g/mol. The molecule has 1 fully saturated rings. The molecule has 0 radical (unpaired) electrons. The van der Waals surface area contributed by atoms with Gasteiger partial charge in [0, 0.05) is 5.03 Å². The van der Waals surface area contributed by atoms with Crippen LogP contribution in [0.25, 0.3) is 0 Å². The lowest BCUT2D eigenvalue weighted by atomic mass is 9.75. The summed E-state index contributed by atoms with van der Waals surface area (Å²) in [5.41, 5.74) is -1.15. The molecule has 6 heteroatoms. The highest BCUT2D eigenvalue weighted by atomic mass is 35.5. The second-order valence-corrected chi connectivity index (χ2v) is 5.60. The molecule has 0 aromatic carbocycles. The predicted molar refractivity (Wildman–Crippen MR) is 74.1 cm³/mol. The molecule has 0 aromatic rings. The van der Waals surface area contributed by atoms with Crippen LogP contribution in [0.1, 0.15) is 39.0 Å². The fourth-order valence-electron chi connectivity index (χ4n) is 2.41. The van der Waals surface area contributed by atoms with Gasteiger partial charge in [0.1, 0.15) is 5.54 Å². The minimum absolute atomic E-state index is 0.126. The Morgan fingerprint density at radius 3 is 2.42 bits per heavy atom. The highest BCUT2D eigenvalue weighted by molar-refractivity contribution is 6.29. The molecular weight excluding hydrogens is 268 g/mol. The van der Waals surface area contributed by atoms with E-state index in [1.165, 1.54) is 0 Å². The molecule has 5 nitrogen and oxygen atoms in total. The molecule has 1 aliphatic carbocycles. The van der Waals surface area contributed by atoms with Gasteiger partial charge in [-0.3, -0.25) is 0 Å². The minimum atomic E-state index is -1.15. The zero-order valence-corrected chi connectivity index (χ0v) is 11.9. The maximum atomic E-state index is 11.7. The molecule has 108 valence electrons. The largest absolute Gasteiger partial charge is 0.480 e. The van der Waals surface area contributed by atoms with Gasteiger partial charge < -0.3 is 15.7 Å². The number of halogens is 1. The summed E-state index contributed by atoms with van der Waals surface area (Å²) in [5, 5.41) is 14.8. The SMILES string of the molecule is C=C(Cl)CNC(=O)NC1(C(=O)O)CCC(CC)CC1. The average molecular weight is 289 g/mol. The van der Waals surface area contributed by atoms with Gasteiger partial charge in [0.05, 0.1) is 6.54 Å². The van der Waals surface area contributed by atoms with Crippen molar-refractivity contribution in [3.05, 3.63) is 11.6 Å². The van der Waals surface area contributed by atoms with Crippen molar-refractivity contribution in [1.29, 1.82) is 0 Å². The van der Waals surface area contributed by atoms with Crippen LogP contribution >= 0.6 is 11.6 Å². The van der Waals surface area contributed by atoms with Crippen LogP contribution in [-0.2, 0) is 4.79 Å². The molecule has 3 N–H and O–H groups in total. The molecule has 0 unspecified atom stereocenters. The molecule has 2 amide bonds. The molecule has 1 aliphatic rings. The molecular formula is C13H21ClN2O3. The molecule has 0 atom stereocenters. The van der Waals surface area contributed by atoms with Gasteiger partial charge in [-0.25, -0.2) is 9.59 Å². The lowest BCUT2D eigenvalue weighted by Crippen LogP contribution is -2.58. The summed E-state index contributed by atoms with van der Waals surface area (Å²) in [4.78, 5) is 23.1. The Bertz CT molecular complexity index is 363. The van der Waals surface area contributed by atoms with Gasteiger partial charge in [0.15, 0.2) is 0 Å². The van der Waals surface area contributed by atoms with Crippen molar-refractivity contribution in [2.45, 2.75) is 44.6 Å². The summed E-state index contributed by atoms with van der Waals surface area (Å²) in [7, 11) is 0. The summed E-state index contributed by atoms with van der Waals surface area (Å²) in [6.07, 6.45) is 3.64. The first-order chi connectivity index (χ1) is 8.89. The van der Waals surface area contributed by atoms with Crippen molar-refractivity contribution in [3.8, 4) is 0 Å². The Morgan fingerprint density at radius 2 is 2.00 bits per heavy atom. The van der Waals surface area contributed by atoms with Crippen molar-refractivity contribution in [2.75, 3.05) is 6.54 Å². The van der Waals surface area contributed by atoms with E-state index in [1.807, 2.05) is 0 Å². The molecule has 1 saturated carbocycles. The van der Waals surface area contributed by atoms with Crippen molar-refractivity contribution in [3.63, 3.8) is 0 Å². The van der Waals surface area contributed by atoms with Gasteiger partial charge in [-0.2, -0.15) is 0 Å². The van der Waals surface area contributed by atoms with Crippen LogP contribution in [0.3, 0.4) is 0 Å². The number of amides is 2. The van der Waals surface area contributed by atoms with Gasteiger partial charge in [0.2, 0.25) is 0 Å². The maximum absolute atomic E-state index is 11.7. The van der Waals surface area contributed by atoms with Gasteiger partial charge in [-0.1, -0.05) is 31.5 Å². The van der Waals surface area contributed by atoms with Crippen molar-refractivity contribution in [1.82, 2.24) is 10.6 Å². The van der Waals surface area contributed by atoms with Crippen LogP contribution < -0.4 is 10.6 Å². The highest BCUT2D eigenvalue weighted by Crippen LogP contribution is 2.33. The number of carboxylic acid groups (broad SMARTS) is 1. The number of carbonyl (C=O) groups is 2. The topological polar surface area (TPSA) is 78.4 Å². The van der Waals surface area contributed by atoms with Gasteiger partial charge >= 0.3 is 12.0 Å². The van der Waals surface area contributed by atoms with E-state index in [1.54, 1.807) is 0 Å². The number of nitrogens with one attached hydrogen (secondary N) is 2. The average Bonchev–Trinajstić information content (AvgIpc) is 2.37. The van der Waals surface area contributed by atoms with Crippen molar-refractivity contribution >= 4 is 23.6 Å². The second kappa shape index (κ2) is 6.80. The van der Waals surface area contributed by atoms with E-state index in [2.05, 4.69) is 24.1 Å². The maximum Gasteiger partial charge on any atom is 0.329 e. The van der Waals surface area contributed by atoms with Crippen LogP contribution in [0.2, 0.25) is 0 Å². The minimum Gasteiger partial charge on any atom is -0.480 e. The Morgan fingerprint density at radius 1 is 1.42 bits per heavy atom. The molecule has 1 rings (SSSR count). The third-order valence-electron chi connectivity index (χ3n) is 3.74. The number of hydrogen-bond acceptors (Lipinski definition) is 2. The van der Waals surface area contributed by atoms with Crippen LogP contribution in [0.5, 0.6) is 0 Å². The Labute approximate surface area is 118 Å². The number of carbonyl (C=O) groups excluding carboxylic acids is 1. The Balaban J connectivity index is 2.61. The molecule has 0 aliphatic heterocycles. The normalized spacial score (nSPS) is 26.5. The number of aliphatic carboxylic acids is 1. The molecule has 0 saturated heterocycles. The molecule has 0 spiro atoms. The third kappa shape index (κ3) is 4.42. The summed E-state index contributed by atoms with van der Waals surface area (Å²) in [5.74, 6) is -0.415. The van der Waals surface area contributed by atoms with E-state index in [9.17, 15) is 14.7 Å². The van der Waals surface area contributed by atoms with Crippen LogP contribution in [0, 0.1) is 5.92 Å². The number of carboxylic acids is 1. The van der Waals surface area contributed by atoms with Crippen molar-refractivity contribution < 1.29 is 14.7 Å². The Hall–Kier alpha value is -1.23. The zero-order chi connectivity index (χ0) is 14.5. The Kier molecular flexibility index (Phi) is 5.66. The summed E-state index contributed by atoms with van der Waals surface area (Å²) >= 11 is 5.55. The number of urea groups is 1. The van der Waals surface area contributed by atoms with E-state index < -0.39 is 17.5 Å². The smallest absolute Gasteiger partial charge is 0.329 e. The van der Waals surface area contributed by atoms with E-state index in [-0.39, 0.29) is 6.54 Å². The van der Waals surface area contributed by atoms with Crippen LogP contribution in [-0.4, -0.2) is 29.2 Å². The van der Waals surface area contributed by atoms with Crippen molar-refractivity contribution in [2.24, 2.45) is 5.92 Å². The second-order valence-electron chi connectivity index (χ2n) is 5.06. The molecule has 0 bridgehead atoms. The molecule has 19 heavy (non-hydrogen) atoms. The fourth-order valence-corrected chi connectivity index (χ4v) is 2.48.